The fraction of sp³-hybridized carbons (Fsp3) is 0.133. The van der Waals surface area contributed by atoms with Crippen LogP contribution in [0.5, 0.6) is 0 Å². The number of nitrogen functional groups attached to an aromatic ring is 1. The number of amides is 1. The molecule has 2 rings (SSSR count). The number of hydrogen-bond donors (Lipinski definition) is 2. The van der Waals surface area contributed by atoms with Gasteiger partial charge in [-0.2, -0.15) is 0 Å². The van der Waals surface area contributed by atoms with Crippen LogP contribution in [0.3, 0.4) is 0 Å². The van der Waals surface area contributed by atoms with Crippen LogP contribution in [-0.2, 0) is 6.54 Å². The van der Waals surface area contributed by atoms with Crippen molar-refractivity contribution in [3.8, 4) is 0 Å². The number of benzene rings is 2. The fourth-order valence-electron chi connectivity index (χ4n) is 1.76. The van der Waals surface area contributed by atoms with Crippen LogP contribution >= 0.6 is 11.6 Å². The average molecular weight is 275 g/mol. The number of anilines is 1. The third-order valence-electron chi connectivity index (χ3n) is 2.91. The first-order chi connectivity index (χ1) is 9.08. The minimum atomic E-state index is -0.136. The van der Waals surface area contributed by atoms with Crippen molar-refractivity contribution in [3.63, 3.8) is 0 Å². The summed E-state index contributed by atoms with van der Waals surface area (Å²) in [6.07, 6.45) is 0. The van der Waals surface area contributed by atoms with Crippen LogP contribution in [0.15, 0.2) is 42.5 Å². The summed E-state index contributed by atoms with van der Waals surface area (Å²) in [5.74, 6) is -0.136. The van der Waals surface area contributed by atoms with E-state index in [2.05, 4.69) is 5.32 Å². The van der Waals surface area contributed by atoms with Crippen LogP contribution in [0.2, 0.25) is 5.02 Å². The molecule has 0 aliphatic carbocycles. The Morgan fingerprint density at radius 3 is 2.68 bits per heavy atom. The van der Waals surface area contributed by atoms with E-state index in [1.165, 1.54) is 0 Å². The second-order valence-corrected chi connectivity index (χ2v) is 4.75. The first kappa shape index (κ1) is 13.4. The molecule has 4 heteroatoms. The molecule has 0 radical (unpaired) electrons. The molecule has 0 spiro atoms. The molecule has 0 saturated heterocycles. The Balaban J connectivity index is 2.05. The van der Waals surface area contributed by atoms with Crippen LogP contribution in [-0.4, -0.2) is 5.91 Å². The molecule has 0 saturated carbocycles. The van der Waals surface area contributed by atoms with E-state index in [0.29, 0.717) is 22.8 Å². The van der Waals surface area contributed by atoms with Gasteiger partial charge in [0.15, 0.2) is 0 Å². The predicted octanol–water partition coefficient (Wildman–Crippen LogP) is 3.16. The number of nitrogens with two attached hydrogens (primary N) is 1. The highest BCUT2D eigenvalue weighted by Crippen LogP contribution is 2.16. The number of nitrogens with one attached hydrogen (secondary N) is 1. The fourth-order valence-corrected chi connectivity index (χ4v) is 1.88. The molecule has 0 fully saturated rings. The molecule has 3 N–H and O–H groups in total. The lowest BCUT2D eigenvalue weighted by Crippen LogP contribution is -2.23. The number of carbonyl (C=O) groups is 1. The van der Waals surface area contributed by atoms with Crippen molar-refractivity contribution >= 4 is 23.2 Å². The van der Waals surface area contributed by atoms with Gasteiger partial charge in [0.25, 0.3) is 5.91 Å². The molecule has 98 valence electrons. The first-order valence-electron chi connectivity index (χ1n) is 5.95. The van der Waals surface area contributed by atoms with E-state index in [0.717, 1.165) is 11.1 Å². The zero-order chi connectivity index (χ0) is 13.8. The lowest BCUT2D eigenvalue weighted by molar-refractivity contribution is 0.0951. The Kier molecular flexibility index (Phi) is 4.07. The summed E-state index contributed by atoms with van der Waals surface area (Å²) in [7, 11) is 0. The maximum Gasteiger partial charge on any atom is 0.251 e. The van der Waals surface area contributed by atoms with E-state index in [1.807, 2.05) is 31.2 Å². The van der Waals surface area contributed by atoms with Crippen molar-refractivity contribution in [1.29, 1.82) is 0 Å². The van der Waals surface area contributed by atoms with Crippen molar-refractivity contribution in [2.24, 2.45) is 0 Å². The highest BCUT2D eigenvalue weighted by atomic mass is 35.5. The minimum Gasteiger partial charge on any atom is -0.398 e. The maximum absolute atomic E-state index is 12.0. The standard InChI is InChI=1S/C15H15ClN2O/c1-10-8-11(6-7-13(10)16)15(19)18-9-12-4-2-3-5-14(12)17/h2-8H,9,17H2,1H3,(H,18,19). The van der Waals surface area contributed by atoms with E-state index in [-0.39, 0.29) is 5.91 Å². The van der Waals surface area contributed by atoms with Crippen LogP contribution in [0.1, 0.15) is 21.5 Å². The largest absolute Gasteiger partial charge is 0.398 e. The predicted molar refractivity (Wildman–Crippen MR) is 78.2 cm³/mol. The van der Waals surface area contributed by atoms with Crippen LogP contribution in [0.25, 0.3) is 0 Å². The Morgan fingerprint density at radius 1 is 1.26 bits per heavy atom. The number of halogens is 1. The molecule has 0 aromatic heterocycles. The lowest BCUT2D eigenvalue weighted by Gasteiger charge is -2.08. The third kappa shape index (κ3) is 3.26. The second-order valence-electron chi connectivity index (χ2n) is 4.35. The summed E-state index contributed by atoms with van der Waals surface area (Å²) >= 11 is 5.93. The van der Waals surface area contributed by atoms with Gasteiger partial charge in [0.1, 0.15) is 0 Å². The maximum atomic E-state index is 12.0. The zero-order valence-corrected chi connectivity index (χ0v) is 11.4. The molecule has 0 aliphatic rings. The van der Waals surface area contributed by atoms with E-state index >= 15 is 0 Å². The topological polar surface area (TPSA) is 55.1 Å². The lowest BCUT2D eigenvalue weighted by atomic mass is 10.1. The van der Waals surface area contributed by atoms with Gasteiger partial charge in [-0.05, 0) is 42.3 Å². The van der Waals surface area contributed by atoms with Gasteiger partial charge in [-0.25, -0.2) is 0 Å². The molecule has 0 heterocycles. The molecule has 0 bridgehead atoms. The SMILES string of the molecule is Cc1cc(C(=O)NCc2ccccc2N)ccc1Cl. The first-order valence-corrected chi connectivity index (χ1v) is 6.33. The van der Waals surface area contributed by atoms with E-state index < -0.39 is 0 Å². The molecule has 19 heavy (non-hydrogen) atoms. The van der Waals surface area contributed by atoms with Gasteiger partial charge in [0.2, 0.25) is 0 Å². The van der Waals surface area contributed by atoms with Gasteiger partial charge in [0, 0.05) is 22.8 Å². The summed E-state index contributed by atoms with van der Waals surface area (Å²) in [4.78, 5) is 12.0. The van der Waals surface area contributed by atoms with Crippen LogP contribution < -0.4 is 11.1 Å². The Labute approximate surface area is 117 Å². The Hall–Kier alpha value is -2.00. The summed E-state index contributed by atoms with van der Waals surface area (Å²) in [5.41, 5.74) is 8.88. The number of rotatable bonds is 3. The monoisotopic (exact) mass is 274 g/mol. The van der Waals surface area contributed by atoms with Gasteiger partial charge in [-0.15, -0.1) is 0 Å². The average Bonchev–Trinajstić information content (AvgIpc) is 2.40. The van der Waals surface area contributed by atoms with Gasteiger partial charge in [0.05, 0.1) is 0 Å². The Morgan fingerprint density at radius 2 is 2.00 bits per heavy atom. The molecule has 2 aromatic carbocycles. The molecular weight excluding hydrogens is 260 g/mol. The summed E-state index contributed by atoms with van der Waals surface area (Å²) in [6.45, 7) is 2.28. The molecular formula is C15H15ClN2O. The minimum absolute atomic E-state index is 0.136. The Bertz CT molecular complexity index is 611. The van der Waals surface area contributed by atoms with E-state index in [1.54, 1.807) is 18.2 Å². The zero-order valence-electron chi connectivity index (χ0n) is 10.6. The van der Waals surface area contributed by atoms with Crippen LogP contribution in [0.4, 0.5) is 5.69 Å². The van der Waals surface area contributed by atoms with Crippen molar-refractivity contribution in [3.05, 3.63) is 64.2 Å². The number of aryl methyl sites for hydroxylation is 1. The molecule has 0 atom stereocenters. The van der Waals surface area contributed by atoms with Gasteiger partial charge < -0.3 is 11.1 Å². The van der Waals surface area contributed by atoms with E-state index in [4.69, 9.17) is 17.3 Å². The van der Waals surface area contributed by atoms with Gasteiger partial charge in [-0.3, -0.25) is 4.79 Å². The van der Waals surface area contributed by atoms with Crippen molar-refractivity contribution in [1.82, 2.24) is 5.32 Å². The summed E-state index contributed by atoms with van der Waals surface area (Å²) < 4.78 is 0. The quantitative estimate of drug-likeness (QED) is 0.845. The van der Waals surface area contributed by atoms with Crippen molar-refractivity contribution < 1.29 is 4.79 Å². The number of hydrogen-bond acceptors (Lipinski definition) is 2. The normalized spacial score (nSPS) is 10.2. The van der Waals surface area contributed by atoms with Crippen molar-refractivity contribution in [2.75, 3.05) is 5.73 Å². The van der Waals surface area contributed by atoms with Gasteiger partial charge in [-0.1, -0.05) is 29.8 Å². The molecule has 0 unspecified atom stereocenters. The second kappa shape index (κ2) is 5.76. The number of para-hydroxylation sites is 1. The molecule has 0 aliphatic heterocycles. The smallest absolute Gasteiger partial charge is 0.251 e. The van der Waals surface area contributed by atoms with Gasteiger partial charge >= 0.3 is 0 Å². The van der Waals surface area contributed by atoms with Crippen molar-refractivity contribution in [2.45, 2.75) is 13.5 Å². The summed E-state index contributed by atoms with van der Waals surface area (Å²) in [6, 6.07) is 12.7. The highest BCUT2D eigenvalue weighted by Gasteiger charge is 2.07. The molecule has 1 amide bonds. The molecule has 3 nitrogen and oxygen atoms in total. The summed E-state index contributed by atoms with van der Waals surface area (Å²) in [5, 5.41) is 3.50. The highest BCUT2D eigenvalue weighted by molar-refractivity contribution is 6.31. The van der Waals surface area contributed by atoms with Crippen LogP contribution in [0, 0.1) is 6.92 Å². The number of carbonyl (C=O) groups excluding carboxylic acids is 1. The molecule has 2 aromatic rings. The van der Waals surface area contributed by atoms with E-state index in [9.17, 15) is 4.79 Å². The third-order valence-corrected chi connectivity index (χ3v) is 3.34.